The molecule has 13 heteroatoms. The fourth-order valence-electron chi connectivity index (χ4n) is 3.94. The minimum Gasteiger partial charge on any atom is -0.447 e. The summed E-state index contributed by atoms with van der Waals surface area (Å²) in [5.41, 5.74) is 3.82. The van der Waals surface area contributed by atoms with Crippen LogP contribution in [-0.4, -0.2) is 50.5 Å². The Hall–Kier alpha value is -4.68. The van der Waals surface area contributed by atoms with Crippen LogP contribution in [0, 0.1) is 5.82 Å². The van der Waals surface area contributed by atoms with E-state index in [0.717, 1.165) is 15.8 Å². The maximum atomic E-state index is 13.9. The lowest BCUT2D eigenvalue weighted by molar-refractivity contribution is -0.138. The van der Waals surface area contributed by atoms with E-state index in [-0.39, 0.29) is 37.0 Å². The first-order valence-electron chi connectivity index (χ1n) is 12.6. The van der Waals surface area contributed by atoms with E-state index < -0.39 is 29.8 Å². The normalized spacial score (nSPS) is 11.5. The number of rotatable bonds is 11. The topological polar surface area (TPSA) is 138 Å². The largest absolute Gasteiger partial charge is 0.447 e. The summed E-state index contributed by atoms with van der Waals surface area (Å²) in [6, 6.07) is 12.6. The highest BCUT2D eigenvalue weighted by Crippen LogP contribution is 2.20. The number of pyridine rings is 1. The monoisotopic (exact) mass is 579 g/mol. The number of aromatic nitrogens is 3. The minimum atomic E-state index is -0.933. The van der Waals surface area contributed by atoms with E-state index in [1.807, 2.05) is 24.3 Å². The molecule has 0 spiro atoms. The third-order valence-corrected chi connectivity index (χ3v) is 6.37. The van der Waals surface area contributed by atoms with Crippen LogP contribution in [0.15, 0.2) is 73.3 Å². The Kier molecular flexibility index (Phi) is 10.1. The average molecular weight is 580 g/mol. The van der Waals surface area contributed by atoms with Crippen LogP contribution in [0.4, 0.5) is 15.0 Å². The molecular weight excluding hydrogens is 553 g/mol. The zero-order valence-corrected chi connectivity index (χ0v) is 22.8. The van der Waals surface area contributed by atoms with Crippen molar-refractivity contribution in [1.29, 1.82) is 0 Å². The summed E-state index contributed by atoms with van der Waals surface area (Å²) in [5, 5.41) is 8.11. The summed E-state index contributed by atoms with van der Waals surface area (Å²) in [6.45, 7) is 1.02. The third kappa shape index (κ3) is 8.40. The van der Waals surface area contributed by atoms with E-state index in [4.69, 9.17) is 16.3 Å². The van der Waals surface area contributed by atoms with E-state index in [9.17, 15) is 18.8 Å². The highest BCUT2D eigenvalue weighted by molar-refractivity contribution is 6.31. The molecule has 0 aliphatic heterocycles. The lowest BCUT2D eigenvalue weighted by Crippen LogP contribution is -2.52. The van der Waals surface area contributed by atoms with Gasteiger partial charge in [-0.1, -0.05) is 48.0 Å². The van der Waals surface area contributed by atoms with Crippen molar-refractivity contribution >= 4 is 46.1 Å². The minimum absolute atomic E-state index is 0.0267. The van der Waals surface area contributed by atoms with Crippen molar-refractivity contribution in [2.45, 2.75) is 32.5 Å². The van der Waals surface area contributed by atoms with Gasteiger partial charge in [0.25, 0.3) is 0 Å². The molecule has 2 heterocycles. The molecule has 3 amide bonds. The van der Waals surface area contributed by atoms with Crippen LogP contribution < -0.4 is 16.1 Å². The predicted octanol–water partition coefficient (Wildman–Crippen LogP) is 3.99. The zero-order valence-electron chi connectivity index (χ0n) is 22.0. The lowest BCUT2D eigenvalue weighted by atomic mass is 10.2. The highest BCUT2D eigenvalue weighted by atomic mass is 35.5. The molecule has 0 bridgehead atoms. The van der Waals surface area contributed by atoms with Crippen LogP contribution in [0.2, 0.25) is 5.02 Å². The fraction of sp³-hybridized carbons (Fsp3) is 0.214. The summed E-state index contributed by atoms with van der Waals surface area (Å²) < 4.78 is 19.3. The van der Waals surface area contributed by atoms with E-state index in [1.165, 1.54) is 37.6 Å². The van der Waals surface area contributed by atoms with Gasteiger partial charge < -0.3 is 10.1 Å². The number of halogens is 2. The van der Waals surface area contributed by atoms with Crippen molar-refractivity contribution < 1.29 is 23.5 Å². The molecule has 41 heavy (non-hydrogen) atoms. The van der Waals surface area contributed by atoms with Crippen molar-refractivity contribution in [2.75, 3.05) is 11.9 Å². The molecule has 0 unspecified atom stereocenters. The number of carbonyl (C=O) groups excluding carboxylic acids is 3. The fourth-order valence-corrected chi connectivity index (χ4v) is 4.13. The summed E-state index contributed by atoms with van der Waals surface area (Å²) in [5.74, 6) is -1.24. The van der Waals surface area contributed by atoms with E-state index in [1.54, 1.807) is 18.3 Å². The van der Waals surface area contributed by atoms with Crippen molar-refractivity contribution in [1.82, 2.24) is 30.7 Å². The van der Waals surface area contributed by atoms with Gasteiger partial charge in [0.2, 0.25) is 11.8 Å². The van der Waals surface area contributed by atoms with Crippen LogP contribution in [0.1, 0.15) is 24.6 Å². The third-order valence-electron chi connectivity index (χ3n) is 5.95. The van der Waals surface area contributed by atoms with Gasteiger partial charge in [0.1, 0.15) is 18.2 Å². The van der Waals surface area contributed by atoms with Gasteiger partial charge in [0.05, 0.1) is 35.9 Å². The van der Waals surface area contributed by atoms with Crippen LogP contribution in [-0.2, 0) is 27.4 Å². The molecule has 2 aromatic heterocycles. The van der Waals surface area contributed by atoms with Gasteiger partial charge >= 0.3 is 6.09 Å². The lowest BCUT2D eigenvalue weighted by Gasteiger charge is -2.31. The number of benzene rings is 2. The molecule has 0 aliphatic carbocycles. The molecule has 212 valence electrons. The Bertz CT molecular complexity index is 1530. The van der Waals surface area contributed by atoms with Crippen LogP contribution >= 0.6 is 11.6 Å². The molecule has 0 saturated carbocycles. The summed E-state index contributed by atoms with van der Waals surface area (Å²) in [4.78, 5) is 50.4. The van der Waals surface area contributed by atoms with Crippen molar-refractivity contribution in [3.8, 4) is 0 Å². The highest BCUT2D eigenvalue weighted by Gasteiger charge is 2.26. The Labute approximate surface area is 240 Å². The molecule has 11 nitrogen and oxygen atoms in total. The average Bonchev–Trinajstić information content (AvgIpc) is 2.97. The van der Waals surface area contributed by atoms with Crippen LogP contribution in [0.5, 0.6) is 0 Å². The number of hydrazine groups is 1. The first-order chi connectivity index (χ1) is 19.8. The van der Waals surface area contributed by atoms with Crippen molar-refractivity contribution in [3.05, 3.63) is 95.4 Å². The molecule has 0 saturated heterocycles. The van der Waals surface area contributed by atoms with E-state index >= 15 is 0 Å². The number of nitrogens with one attached hydrogen (secondary N) is 3. The number of anilines is 1. The SMILES string of the molecule is CC(=O)N(NCc1cccc(F)c1Cl)[C@H](COC(=O)Nc1cc2ccccc2cn1)CC(=O)NCc1cnccn1. The Morgan fingerprint density at radius 1 is 1.02 bits per heavy atom. The molecule has 0 fully saturated rings. The molecule has 0 radical (unpaired) electrons. The number of fused-ring (bicyclic) bond motifs is 1. The summed E-state index contributed by atoms with van der Waals surface area (Å²) in [7, 11) is 0. The smallest absolute Gasteiger partial charge is 0.412 e. The van der Waals surface area contributed by atoms with Crippen LogP contribution in [0.3, 0.4) is 0 Å². The Morgan fingerprint density at radius 3 is 2.59 bits per heavy atom. The second-order valence-corrected chi connectivity index (χ2v) is 9.29. The maximum absolute atomic E-state index is 13.9. The molecule has 4 aromatic rings. The molecule has 3 N–H and O–H groups in total. The van der Waals surface area contributed by atoms with E-state index in [0.29, 0.717) is 11.3 Å². The van der Waals surface area contributed by atoms with Crippen LogP contribution in [0.25, 0.3) is 10.8 Å². The Balaban J connectivity index is 1.44. The van der Waals surface area contributed by atoms with Gasteiger partial charge in [-0.25, -0.2) is 19.6 Å². The number of amides is 3. The van der Waals surface area contributed by atoms with Crippen molar-refractivity contribution in [2.24, 2.45) is 0 Å². The first-order valence-corrected chi connectivity index (χ1v) is 12.9. The number of hydrogen-bond donors (Lipinski definition) is 3. The Morgan fingerprint density at radius 2 is 1.83 bits per heavy atom. The number of ether oxygens (including phenoxy) is 1. The number of nitrogens with zero attached hydrogens (tertiary/aromatic N) is 4. The molecule has 4 rings (SSSR count). The van der Waals surface area contributed by atoms with Gasteiger partial charge in [-0.3, -0.25) is 29.9 Å². The zero-order chi connectivity index (χ0) is 29.2. The second kappa shape index (κ2) is 14.1. The maximum Gasteiger partial charge on any atom is 0.412 e. The molecule has 0 aliphatic rings. The molecule has 1 atom stereocenters. The molecule has 2 aromatic carbocycles. The van der Waals surface area contributed by atoms with Gasteiger partial charge in [0.15, 0.2) is 0 Å². The van der Waals surface area contributed by atoms with E-state index in [2.05, 4.69) is 31.0 Å². The van der Waals surface area contributed by atoms with Crippen molar-refractivity contribution in [3.63, 3.8) is 0 Å². The molecular formula is C28H27ClFN7O4. The quantitative estimate of drug-likeness (QED) is 0.227. The summed E-state index contributed by atoms with van der Waals surface area (Å²) >= 11 is 6.06. The summed E-state index contributed by atoms with van der Waals surface area (Å²) in [6.07, 6.45) is 5.09. The first kappa shape index (κ1) is 29.3. The number of hydrogen-bond acceptors (Lipinski definition) is 8. The van der Waals surface area contributed by atoms with Gasteiger partial charge in [0, 0.05) is 37.4 Å². The van der Waals surface area contributed by atoms with Gasteiger partial charge in [-0.15, -0.1) is 0 Å². The van der Waals surface area contributed by atoms with Gasteiger partial charge in [-0.05, 0) is 23.1 Å². The van der Waals surface area contributed by atoms with Gasteiger partial charge in [-0.2, -0.15) is 0 Å². The number of carbonyl (C=O) groups is 3. The predicted molar refractivity (Wildman–Crippen MR) is 150 cm³/mol. The standard InChI is InChI=1S/C28H27ClFN7O4/c1-18(38)37(35-14-21-7-4-8-24(30)27(21)29)23(12-26(39)34-16-22-15-31-9-10-32-22)17-41-28(40)36-25-11-19-5-2-3-6-20(19)13-33-25/h2-11,13,15,23,35H,12,14,16-17H2,1H3,(H,34,39)(H,33,36,40)/t23-/m0/s1. The second-order valence-electron chi connectivity index (χ2n) is 8.91.